The second-order valence-electron chi connectivity index (χ2n) is 3.71. The molecule has 1 aromatic carbocycles. The molecular formula is C12H16ClN3O. The average molecular weight is 254 g/mol. The highest BCUT2D eigenvalue weighted by Crippen LogP contribution is 2.17. The fraction of sp³-hybridized carbons (Fsp3) is 0.250. The van der Waals surface area contributed by atoms with Gasteiger partial charge in [-0.15, -0.1) is 12.4 Å². The number of aromatic nitrogens is 2. The molecule has 2 N–H and O–H groups in total. The zero-order valence-corrected chi connectivity index (χ0v) is 10.6. The molecule has 0 aliphatic rings. The van der Waals surface area contributed by atoms with Crippen LogP contribution in [0.1, 0.15) is 18.5 Å². The van der Waals surface area contributed by atoms with Crippen LogP contribution < -0.4 is 10.5 Å². The molecule has 17 heavy (non-hydrogen) atoms. The number of nitrogens with zero attached hydrogens (tertiary/aromatic N) is 2. The average Bonchev–Trinajstić information content (AvgIpc) is 2.78. The predicted octanol–water partition coefficient (Wildman–Crippen LogP) is 2.32. The summed E-state index contributed by atoms with van der Waals surface area (Å²) in [6.45, 7) is 1.94. The second kappa shape index (κ2) is 5.70. The van der Waals surface area contributed by atoms with Crippen LogP contribution in [0, 0.1) is 0 Å². The van der Waals surface area contributed by atoms with Gasteiger partial charge in [0.05, 0.1) is 19.0 Å². The first-order valence-electron chi connectivity index (χ1n) is 5.15. The molecule has 92 valence electrons. The van der Waals surface area contributed by atoms with Crippen molar-refractivity contribution in [1.29, 1.82) is 0 Å². The molecule has 0 radical (unpaired) electrons. The van der Waals surface area contributed by atoms with Crippen LogP contribution in [-0.2, 0) is 0 Å². The van der Waals surface area contributed by atoms with Crippen molar-refractivity contribution < 1.29 is 4.74 Å². The van der Waals surface area contributed by atoms with E-state index < -0.39 is 0 Å². The van der Waals surface area contributed by atoms with E-state index in [4.69, 9.17) is 10.5 Å². The summed E-state index contributed by atoms with van der Waals surface area (Å²) >= 11 is 0. The van der Waals surface area contributed by atoms with Crippen LogP contribution >= 0.6 is 12.4 Å². The minimum absolute atomic E-state index is 0. The molecular weight excluding hydrogens is 238 g/mol. The number of rotatable bonds is 3. The van der Waals surface area contributed by atoms with Crippen molar-refractivity contribution in [2.45, 2.75) is 13.0 Å². The van der Waals surface area contributed by atoms with Crippen molar-refractivity contribution in [3.05, 3.63) is 42.2 Å². The first-order valence-corrected chi connectivity index (χ1v) is 5.15. The van der Waals surface area contributed by atoms with Crippen LogP contribution in [0.25, 0.3) is 5.69 Å². The lowest BCUT2D eigenvalue weighted by molar-refractivity contribution is 0.414. The minimum atomic E-state index is -0.000595. The summed E-state index contributed by atoms with van der Waals surface area (Å²) in [5, 5.41) is 4.26. The van der Waals surface area contributed by atoms with E-state index >= 15 is 0 Å². The molecule has 0 amide bonds. The molecule has 0 saturated heterocycles. The zero-order chi connectivity index (χ0) is 11.5. The van der Waals surface area contributed by atoms with Gasteiger partial charge in [0.25, 0.3) is 0 Å². The zero-order valence-electron chi connectivity index (χ0n) is 9.83. The molecule has 2 rings (SSSR count). The van der Waals surface area contributed by atoms with Gasteiger partial charge in [0.15, 0.2) is 0 Å². The fourth-order valence-electron chi connectivity index (χ4n) is 1.47. The lowest BCUT2D eigenvalue weighted by atomic mass is 10.2. The van der Waals surface area contributed by atoms with Crippen molar-refractivity contribution in [3.63, 3.8) is 0 Å². The highest BCUT2D eigenvalue weighted by molar-refractivity contribution is 5.85. The fourth-order valence-corrected chi connectivity index (χ4v) is 1.47. The predicted molar refractivity (Wildman–Crippen MR) is 70.0 cm³/mol. The van der Waals surface area contributed by atoms with Gasteiger partial charge in [-0.2, -0.15) is 5.10 Å². The molecule has 1 aromatic heterocycles. The number of hydrogen-bond acceptors (Lipinski definition) is 3. The maximum Gasteiger partial charge on any atom is 0.121 e. The smallest absolute Gasteiger partial charge is 0.121 e. The quantitative estimate of drug-likeness (QED) is 0.913. The number of benzene rings is 1. The summed E-state index contributed by atoms with van der Waals surface area (Å²) in [7, 11) is 1.65. The Morgan fingerprint density at radius 2 is 2.18 bits per heavy atom. The lowest BCUT2D eigenvalue weighted by Gasteiger charge is -2.04. The molecule has 0 fully saturated rings. The minimum Gasteiger partial charge on any atom is -0.497 e. The number of methoxy groups -OCH3 is 1. The summed E-state index contributed by atoms with van der Waals surface area (Å²) in [5.41, 5.74) is 7.76. The normalized spacial score (nSPS) is 11.7. The van der Waals surface area contributed by atoms with Crippen molar-refractivity contribution >= 4 is 12.4 Å². The Morgan fingerprint density at radius 1 is 1.41 bits per heavy atom. The highest BCUT2D eigenvalue weighted by Gasteiger charge is 2.04. The molecule has 0 aliphatic carbocycles. The molecule has 2 aromatic rings. The number of ether oxygens (including phenoxy) is 1. The van der Waals surface area contributed by atoms with Gasteiger partial charge in [-0.25, -0.2) is 4.68 Å². The van der Waals surface area contributed by atoms with Crippen LogP contribution in [0.5, 0.6) is 5.75 Å². The third kappa shape index (κ3) is 2.99. The molecule has 4 nitrogen and oxygen atoms in total. The van der Waals surface area contributed by atoms with Gasteiger partial charge in [-0.1, -0.05) is 6.07 Å². The van der Waals surface area contributed by atoms with Crippen LogP contribution in [0.4, 0.5) is 0 Å². The van der Waals surface area contributed by atoms with Gasteiger partial charge < -0.3 is 10.5 Å². The first-order chi connectivity index (χ1) is 7.70. The molecule has 1 atom stereocenters. The van der Waals surface area contributed by atoms with E-state index in [2.05, 4.69) is 5.10 Å². The van der Waals surface area contributed by atoms with E-state index in [-0.39, 0.29) is 18.4 Å². The summed E-state index contributed by atoms with van der Waals surface area (Å²) in [6.07, 6.45) is 3.71. The molecule has 1 unspecified atom stereocenters. The van der Waals surface area contributed by atoms with Crippen molar-refractivity contribution in [1.82, 2.24) is 9.78 Å². The number of halogens is 1. The topological polar surface area (TPSA) is 53.1 Å². The third-order valence-corrected chi connectivity index (χ3v) is 2.45. The molecule has 0 spiro atoms. The molecule has 1 heterocycles. The maximum atomic E-state index is 5.78. The van der Waals surface area contributed by atoms with E-state index in [0.29, 0.717) is 0 Å². The van der Waals surface area contributed by atoms with E-state index in [1.807, 2.05) is 37.4 Å². The number of hydrogen-bond donors (Lipinski definition) is 1. The molecule has 0 bridgehead atoms. The van der Waals surface area contributed by atoms with Crippen LogP contribution in [0.3, 0.4) is 0 Å². The molecule has 0 saturated carbocycles. The van der Waals surface area contributed by atoms with E-state index in [0.717, 1.165) is 17.0 Å². The lowest BCUT2D eigenvalue weighted by Crippen LogP contribution is -2.03. The SMILES string of the molecule is COc1cccc(-n2cc(C(C)N)cn2)c1.Cl. The Labute approximate surface area is 107 Å². The largest absolute Gasteiger partial charge is 0.497 e. The maximum absolute atomic E-state index is 5.78. The third-order valence-electron chi connectivity index (χ3n) is 2.45. The Morgan fingerprint density at radius 3 is 2.76 bits per heavy atom. The van der Waals surface area contributed by atoms with Gasteiger partial charge in [-0.05, 0) is 19.1 Å². The summed E-state index contributed by atoms with van der Waals surface area (Å²) in [4.78, 5) is 0. The van der Waals surface area contributed by atoms with Crippen molar-refractivity contribution in [3.8, 4) is 11.4 Å². The van der Waals surface area contributed by atoms with E-state index in [1.54, 1.807) is 18.0 Å². The molecule has 5 heteroatoms. The van der Waals surface area contributed by atoms with Crippen LogP contribution in [0.2, 0.25) is 0 Å². The van der Waals surface area contributed by atoms with E-state index in [9.17, 15) is 0 Å². The first kappa shape index (κ1) is 13.5. The molecule has 0 aliphatic heterocycles. The summed E-state index contributed by atoms with van der Waals surface area (Å²) < 4.78 is 6.96. The van der Waals surface area contributed by atoms with Gasteiger partial charge in [0.2, 0.25) is 0 Å². The Balaban J connectivity index is 0.00000144. The highest BCUT2D eigenvalue weighted by atomic mass is 35.5. The van der Waals surface area contributed by atoms with Crippen molar-refractivity contribution in [2.75, 3.05) is 7.11 Å². The van der Waals surface area contributed by atoms with E-state index in [1.165, 1.54) is 0 Å². The van der Waals surface area contributed by atoms with Gasteiger partial charge in [-0.3, -0.25) is 0 Å². The van der Waals surface area contributed by atoms with Crippen molar-refractivity contribution in [2.24, 2.45) is 5.73 Å². The Bertz CT molecular complexity index is 482. The Kier molecular flexibility index (Phi) is 4.54. The van der Waals surface area contributed by atoms with Gasteiger partial charge in [0.1, 0.15) is 5.75 Å². The second-order valence-corrected chi connectivity index (χ2v) is 3.71. The Hall–Kier alpha value is -1.52. The van der Waals surface area contributed by atoms with Crippen LogP contribution in [0.15, 0.2) is 36.7 Å². The van der Waals surface area contributed by atoms with Gasteiger partial charge in [0, 0.05) is 23.9 Å². The standard InChI is InChI=1S/C12H15N3O.ClH/c1-9(13)10-7-14-15(8-10)11-4-3-5-12(6-11)16-2;/h3-9H,13H2,1-2H3;1H. The monoisotopic (exact) mass is 253 g/mol. The number of nitrogens with two attached hydrogens (primary N) is 1. The van der Waals surface area contributed by atoms with Gasteiger partial charge >= 0.3 is 0 Å². The summed E-state index contributed by atoms with van der Waals surface area (Å²) in [5.74, 6) is 0.815. The van der Waals surface area contributed by atoms with Crippen LogP contribution in [-0.4, -0.2) is 16.9 Å². The summed E-state index contributed by atoms with van der Waals surface area (Å²) in [6, 6.07) is 7.73.